The first-order valence-corrected chi connectivity index (χ1v) is 7.88. The predicted octanol–water partition coefficient (Wildman–Crippen LogP) is 2.60. The van der Waals surface area contributed by atoms with Crippen LogP contribution in [-0.4, -0.2) is 40.4 Å². The molecule has 0 spiro atoms. The number of aromatic nitrogens is 2. The molecule has 1 aromatic heterocycles. The van der Waals surface area contributed by atoms with Gasteiger partial charge in [-0.05, 0) is 46.9 Å². The third-order valence-electron chi connectivity index (χ3n) is 5.10. The first-order chi connectivity index (χ1) is 9.41. The van der Waals surface area contributed by atoms with Gasteiger partial charge in [0.05, 0.1) is 11.7 Å². The van der Waals surface area contributed by atoms with Crippen molar-refractivity contribution in [1.82, 2.24) is 14.7 Å². The van der Waals surface area contributed by atoms with E-state index >= 15 is 0 Å². The van der Waals surface area contributed by atoms with Crippen LogP contribution in [0, 0.1) is 0 Å². The molecule has 1 heterocycles. The molecular weight excluding hydrogens is 248 g/mol. The molecule has 4 heteroatoms. The molecule has 2 rings (SSSR count). The van der Waals surface area contributed by atoms with E-state index in [4.69, 9.17) is 10.8 Å². The van der Waals surface area contributed by atoms with Crippen LogP contribution in [0.15, 0.2) is 12.3 Å². The van der Waals surface area contributed by atoms with Crippen LogP contribution in [0.4, 0.5) is 0 Å². The highest BCUT2D eigenvalue weighted by molar-refractivity contribution is 5.05. The lowest BCUT2D eigenvalue weighted by atomic mass is 9.90. The average molecular weight is 278 g/mol. The smallest absolute Gasteiger partial charge is 0.0640 e. The Balaban J connectivity index is 1.98. The quantitative estimate of drug-likeness (QED) is 0.900. The maximum Gasteiger partial charge on any atom is 0.0640 e. The van der Waals surface area contributed by atoms with Crippen LogP contribution in [-0.2, 0) is 6.42 Å². The Kier molecular flexibility index (Phi) is 4.86. The van der Waals surface area contributed by atoms with Crippen molar-refractivity contribution in [1.29, 1.82) is 0 Å². The Morgan fingerprint density at radius 3 is 2.60 bits per heavy atom. The van der Waals surface area contributed by atoms with Crippen molar-refractivity contribution in [2.24, 2.45) is 5.73 Å². The highest BCUT2D eigenvalue weighted by Gasteiger charge is 2.29. The molecule has 4 nitrogen and oxygen atoms in total. The van der Waals surface area contributed by atoms with E-state index in [0.717, 1.165) is 12.1 Å². The zero-order valence-corrected chi connectivity index (χ0v) is 13.5. The van der Waals surface area contributed by atoms with E-state index in [1.807, 2.05) is 0 Å². The fourth-order valence-corrected chi connectivity index (χ4v) is 2.84. The van der Waals surface area contributed by atoms with E-state index in [1.165, 1.54) is 32.1 Å². The standard InChI is InChI=1S/C16H30N4/c1-16(2,19(3)4)15(17)12-13-10-11-20(18-13)14-8-6-5-7-9-14/h10-11,14-15H,5-9,12,17H2,1-4H3. The average Bonchev–Trinajstić information content (AvgIpc) is 2.88. The molecule has 1 saturated carbocycles. The van der Waals surface area contributed by atoms with Gasteiger partial charge in [-0.15, -0.1) is 0 Å². The summed E-state index contributed by atoms with van der Waals surface area (Å²) in [6, 6.07) is 2.84. The van der Waals surface area contributed by atoms with Gasteiger partial charge in [0, 0.05) is 24.2 Å². The minimum Gasteiger partial charge on any atom is -0.326 e. The lowest BCUT2D eigenvalue weighted by Gasteiger charge is -2.37. The second-order valence-electron chi connectivity index (χ2n) is 6.94. The summed E-state index contributed by atoms with van der Waals surface area (Å²) in [6.45, 7) is 4.38. The van der Waals surface area contributed by atoms with Crippen LogP contribution < -0.4 is 5.73 Å². The highest BCUT2D eigenvalue weighted by atomic mass is 15.3. The number of hydrogen-bond donors (Lipinski definition) is 1. The second-order valence-corrected chi connectivity index (χ2v) is 6.94. The van der Waals surface area contributed by atoms with Crippen LogP contribution in [0.2, 0.25) is 0 Å². The molecule has 2 N–H and O–H groups in total. The Morgan fingerprint density at radius 2 is 2.00 bits per heavy atom. The normalized spacial score (nSPS) is 19.5. The summed E-state index contributed by atoms with van der Waals surface area (Å²) in [5.74, 6) is 0. The Labute approximate surface area is 123 Å². The summed E-state index contributed by atoms with van der Waals surface area (Å²) in [5.41, 5.74) is 7.49. The summed E-state index contributed by atoms with van der Waals surface area (Å²) in [5, 5.41) is 4.76. The Morgan fingerprint density at radius 1 is 1.35 bits per heavy atom. The summed E-state index contributed by atoms with van der Waals surface area (Å²) in [4.78, 5) is 2.19. The van der Waals surface area contributed by atoms with Crippen molar-refractivity contribution in [3.63, 3.8) is 0 Å². The molecule has 0 aliphatic heterocycles. The van der Waals surface area contributed by atoms with E-state index in [9.17, 15) is 0 Å². The summed E-state index contributed by atoms with van der Waals surface area (Å²) in [7, 11) is 4.17. The topological polar surface area (TPSA) is 47.1 Å². The van der Waals surface area contributed by atoms with Gasteiger partial charge in [-0.1, -0.05) is 19.3 Å². The van der Waals surface area contributed by atoms with Crippen LogP contribution in [0.3, 0.4) is 0 Å². The molecule has 1 unspecified atom stereocenters. The number of likely N-dealkylation sites (N-methyl/N-ethyl adjacent to an activating group) is 1. The van der Waals surface area contributed by atoms with Gasteiger partial charge in [0.25, 0.3) is 0 Å². The monoisotopic (exact) mass is 278 g/mol. The molecule has 0 amide bonds. The molecule has 0 saturated heterocycles. The first kappa shape index (κ1) is 15.5. The van der Waals surface area contributed by atoms with Crippen LogP contribution in [0.5, 0.6) is 0 Å². The lowest BCUT2D eigenvalue weighted by Crippen LogP contribution is -2.54. The van der Waals surface area contributed by atoms with Crippen molar-refractivity contribution in [2.75, 3.05) is 14.1 Å². The summed E-state index contributed by atoms with van der Waals surface area (Å²) in [6.07, 6.45) is 9.59. The van der Waals surface area contributed by atoms with Crippen LogP contribution in [0.1, 0.15) is 57.7 Å². The first-order valence-electron chi connectivity index (χ1n) is 7.88. The number of hydrogen-bond acceptors (Lipinski definition) is 3. The fourth-order valence-electron chi connectivity index (χ4n) is 2.84. The minimum atomic E-state index is -0.0192. The molecule has 0 aromatic carbocycles. The van der Waals surface area contributed by atoms with Gasteiger partial charge in [0.2, 0.25) is 0 Å². The number of nitrogens with two attached hydrogens (primary N) is 1. The van der Waals surface area contributed by atoms with Gasteiger partial charge in [0.1, 0.15) is 0 Å². The van der Waals surface area contributed by atoms with E-state index in [0.29, 0.717) is 6.04 Å². The van der Waals surface area contributed by atoms with Crippen molar-refractivity contribution >= 4 is 0 Å². The van der Waals surface area contributed by atoms with E-state index < -0.39 is 0 Å². The zero-order chi connectivity index (χ0) is 14.8. The maximum absolute atomic E-state index is 6.38. The third-order valence-corrected chi connectivity index (χ3v) is 5.10. The van der Waals surface area contributed by atoms with Crippen molar-refractivity contribution in [2.45, 2.75) is 70.0 Å². The minimum absolute atomic E-state index is 0.0192. The van der Waals surface area contributed by atoms with Crippen LogP contribution in [0.25, 0.3) is 0 Å². The molecule has 0 bridgehead atoms. The Bertz CT molecular complexity index is 416. The van der Waals surface area contributed by atoms with Crippen molar-refractivity contribution in [3.05, 3.63) is 18.0 Å². The molecule has 0 radical (unpaired) electrons. The van der Waals surface area contributed by atoms with E-state index in [1.54, 1.807) is 0 Å². The SMILES string of the molecule is CN(C)C(C)(C)C(N)Cc1ccn(C2CCCCC2)n1. The zero-order valence-electron chi connectivity index (χ0n) is 13.5. The van der Waals surface area contributed by atoms with Gasteiger partial charge < -0.3 is 10.6 Å². The lowest BCUT2D eigenvalue weighted by molar-refractivity contribution is 0.157. The van der Waals surface area contributed by atoms with Gasteiger partial charge >= 0.3 is 0 Å². The van der Waals surface area contributed by atoms with Gasteiger partial charge in [-0.2, -0.15) is 5.10 Å². The van der Waals surface area contributed by atoms with Gasteiger partial charge in [0.15, 0.2) is 0 Å². The van der Waals surface area contributed by atoms with E-state index in [-0.39, 0.29) is 11.6 Å². The molecular formula is C16H30N4. The second kappa shape index (κ2) is 6.27. The molecule has 1 aliphatic rings. The molecule has 1 atom stereocenters. The maximum atomic E-state index is 6.38. The molecule has 1 aromatic rings. The van der Waals surface area contributed by atoms with E-state index in [2.05, 4.69) is 49.8 Å². The van der Waals surface area contributed by atoms with Gasteiger partial charge in [-0.25, -0.2) is 0 Å². The highest BCUT2D eigenvalue weighted by Crippen LogP contribution is 2.27. The number of rotatable bonds is 5. The van der Waals surface area contributed by atoms with Crippen molar-refractivity contribution in [3.8, 4) is 0 Å². The summed E-state index contributed by atoms with van der Waals surface area (Å²) >= 11 is 0. The Hall–Kier alpha value is -0.870. The molecule has 1 aliphatic carbocycles. The van der Waals surface area contributed by atoms with Gasteiger partial charge in [-0.3, -0.25) is 4.68 Å². The molecule has 114 valence electrons. The van der Waals surface area contributed by atoms with Crippen molar-refractivity contribution < 1.29 is 0 Å². The fraction of sp³-hybridized carbons (Fsp3) is 0.812. The summed E-state index contributed by atoms with van der Waals surface area (Å²) < 4.78 is 2.17. The third kappa shape index (κ3) is 3.41. The molecule has 1 fully saturated rings. The number of nitrogens with zero attached hydrogens (tertiary/aromatic N) is 3. The van der Waals surface area contributed by atoms with Crippen LogP contribution >= 0.6 is 0 Å². The predicted molar refractivity (Wildman–Crippen MR) is 83.8 cm³/mol. The molecule has 20 heavy (non-hydrogen) atoms. The largest absolute Gasteiger partial charge is 0.326 e.